The molecular weight excluding hydrogens is 362 g/mol. The topological polar surface area (TPSA) is 148 Å². The van der Waals surface area contributed by atoms with Crippen LogP contribution in [0.3, 0.4) is 0 Å². The summed E-state index contributed by atoms with van der Waals surface area (Å²) in [4.78, 5) is 45.8. The number of aromatic amines is 1. The van der Waals surface area contributed by atoms with Gasteiger partial charge < -0.3 is 20.5 Å². The molecule has 146 valence electrons. The number of aromatic nitrogens is 6. The molecule has 2 atom stereocenters. The smallest absolute Gasteiger partial charge is 0.252 e. The zero-order valence-corrected chi connectivity index (χ0v) is 15.6. The fourth-order valence-corrected chi connectivity index (χ4v) is 3.39. The SMILES string of the molecule is Cc1cc(=O)[nH]c(N2CCC(NC(=O)C(C)n3cnc4c(N)ncnc43)C2)n1. The second-order valence-electron chi connectivity index (χ2n) is 6.91. The molecule has 28 heavy (non-hydrogen) atoms. The molecule has 0 aromatic carbocycles. The first-order valence-electron chi connectivity index (χ1n) is 8.98. The van der Waals surface area contributed by atoms with Crippen LogP contribution in [-0.4, -0.2) is 54.5 Å². The van der Waals surface area contributed by atoms with Crippen LogP contribution in [0.1, 0.15) is 25.1 Å². The van der Waals surface area contributed by atoms with E-state index < -0.39 is 6.04 Å². The second kappa shape index (κ2) is 6.91. The molecule has 4 N–H and O–H groups in total. The zero-order valence-electron chi connectivity index (χ0n) is 15.6. The van der Waals surface area contributed by atoms with Crippen molar-refractivity contribution >= 4 is 28.8 Å². The molecule has 0 radical (unpaired) electrons. The van der Waals surface area contributed by atoms with Crippen molar-refractivity contribution in [2.75, 3.05) is 23.7 Å². The Labute approximate surface area is 160 Å². The fraction of sp³-hybridized carbons (Fsp3) is 0.412. The quantitative estimate of drug-likeness (QED) is 0.559. The highest BCUT2D eigenvalue weighted by molar-refractivity contribution is 5.85. The van der Waals surface area contributed by atoms with Gasteiger partial charge in [0, 0.05) is 30.9 Å². The summed E-state index contributed by atoms with van der Waals surface area (Å²) < 4.78 is 1.68. The monoisotopic (exact) mass is 383 g/mol. The van der Waals surface area contributed by atoms with Crippen molar-refractivity contribution in [3.8, 4) is 0 Å². The van der Waals surface area contributed by atoms with Crippen molar-refractivity contribution < 1.29 is 4.79 Å². The average molecular weight is 383 g/mol. The molecule has 1 fully saturated rings. The number of nitrogen functional groups attached to an aromatic ring is 1. The molecule has 0 aliphatic carbocycles. The summed E-state index contributed by atoms with van der Waals surface area (Å²) in [6.07, 6.45) is 3.66. The van der Waals surface area contributed by atoms with E-state index in [2.05, 4.69) is 30.2 Å². The molecule has 1 aliphatic rings. The van der Waals surface area contributed by atoms with Gasteiger partial charge in [0.25, 0.3) is 5.56 Å². The molecule has 11 heteroatoms. The van der Waals surface area contributed by atoms with Crippen LogP contribution >= 0.6 is 0 Å². The number of carbonyl (C=O) groups excluding carboxylic acids is 1. The van der Waals surface area contributed by atoms with Crippen LogP contribution in [-0.2, 0) is 4.79 Å². The van der Waals surface area contributed by atoms with Crippen LogP contribution in [0.4, 0.5) is 11.8 Å². The van der Waals surface area contributed by atoms with E-state index in [1.165, 1.54) is 12.4 Å². The summed E-state index contributed by atoms with van der Waals surface area (Å²) in [5.74, 6) is 0.666. The standard InChI is InChI=1S/C17H21N9O2/c1-9-5-12(27)24-17(22-9)25-4-3-11(6-25)23-16(28)10(2)26-8-21-13-14(18)19-7-20-15(13)26/h5,7-8,10-11H,3-4,6H2,1-2H3,(H,23,28)(H2,18,19,20)(H,22,24,27). The highest BCUT2D eigenvalue weighted by Crippen LogP contribution is 2.20. The van der Waals surface area contributed by atoms with Gasteiger partial charge in [-0.1, -0.05) is 0 Å². The van der Waals surface area contributed by atoms with E-state index in [1.54, 1.807) is 24.7 Å². The van der Waals surface area contributed by atoms with Gasteiger partial charge in [-0.25, -0.2) is 19.9 Å². The van der Waals surface area contributed by atoms with Crippen LogP contribution in [0.5, 0.6) is 0 Å². The molecule has 3 aromatic heterocycles. The molecular formula is C17H21N9O2. The van der Waals surface area contributed by atoms with Crippen LogP contribution in [0.15, 0.2) is 23.5 Å². The van der Waals surface area contributed by atoms with E-state index in [4.69, 9.17) is 5.73 Å². The molecule has 1 aliphatic heterocycles. The number of rotatable bonds is 4. The third-order valence-corrected chi connectivity index (χ3v) is 4.88. The summed E-state index contributed by atoms with van der Waals surface area (Å²) in [7, 11) is 0. The number of hydrogen-bond donors (Lipinski definition) is 3. The summed E-state index contributed by atoms with van der Waals surface area (Å²) in [6, 6.07) is 0.896. The van der Waals surface area contributed by atoms with E-state index in [9.17, 15) is 9.59 Å². The Hall–Kier alpha value is -3.50. The number of anilines is 2. The number of hydrogen-bond acceptors (Lipinski definition) is 8. The Morgan fingerprint density at radius 1 is 1.39 bits per heavy atom. The maximum Gasteiger partial charge on any atom is 0.252 e. The number of H-pyrrole nitrogens is 1. The van der Waals surface area contributed by atoms with E-state index in [1.807, 2.05) is 4.90 Å². The number of imidazole rings is 1. The second-order valence-corrected chi connectivity index (χ2v) is 6.91. The minimum Gasteiger partial charge on any atom is -0.382 e. The van der Waals surface area contributed by atoms with Crippen LogP contribution in [0, 0.1) is 6.92 Å². The van der Waals surface area contributed by atoms with Crippen molar-refractivity contribution in [3.63, 3.8) is 0 Å². The number of nitrogens with zero attached hydrogens (tertiary/aromatic N) is 6. The van der Waals surface area contributed by atoms with Gasteiger partial charge in [-0.3, -0.25) is 14.6 Å². The van der Waals surface area contributed by atoms with Gasteiger partial charge in [0.05, 0.1) is 6.33 Å². The summed E-state index contributed by atoms with van der Waals surface area (Å²) in [6.45, 7) is 4.83. The molecule has 0 saturated carbocycles. The van der Waals surface area contributed by atoms with E-state index >= 15 is 0 Å². The lowest BCUT2D eigenvalue weighted by Crippen LogP contribution is -2.40. The lowest BCUT2D eigenvalue weighted by Gasteiger charge is -2.19. The van der Waals surface area contributed by atoms with Gasteiger partial charge in [0.1, 0.15) is 17.9 Å². The summed E-state index contributed by atoms with van der Waals surface area (Å²) in [5, 5.41) is 3.05. The molecule has 4 heterocycles. The molecule has 0 bridgehead atoms. The van der Waals surface area contributed by atoms with Crippen molar-refractivity contribution in [1.82, 2.24) is 34.8 Å². The number of fused-ring (bicyclic) bond motifs is 1. The lowest BCUT2D eigenvalue weighted by atomic mass is 10.2. The molecule has 11 nitrogen and oxygen atoms in total. The molecule has 1 saturated heterocycles. The average Bonchev–Trinajstić information content (AvgIpc) is 3.28. The molecule has 3 aromatic rings. The maximum atomic E-state index is 12.8. The molecule has 4 rings (SSSR count). The van der Waals surface area contributed by atoms with Crippen molar-refractivity contribution in [3.05, 3.63) is 34.8 Å². The van der Waals surface area contributed by atoms with Crippen LogP contribution < -0.4 is 21.5 Å². The predicted octanol–water partition coefficient (Wildman–Crippen LogP) is -0.244. The minimum atomic E-state index is -0.509. The number of aryl methyl sites for hydroxylation is 1. The van der Waals surface area contributed by atoms with E-state index in [-0.39, 0.29) is 23.3 Å². The third kappa shape index (κ3) is 3.26. The fourth-order valence-electron chi connectivity index (χ4n) is 3.39. The number of carbonyl (C=O) groups is 1. The van der Waals surface area contributed by atoms with Gasteiger partial charge in [0.15, 0.2) is 11.5 Å². The first-order valence-corrected chi connectivity index (χ1v) is 8.98. The van der Waals surface area contributed by atoms with Crippen LogP contribution in [0.25, 0.3) is 11.2 Å². The highest BCUT2D eigenvalue weighted by Gasteiger charge is 2.28. The zero-order chi connectivity index (χ0) is 19.8. The largest absolute Gasteiger partial charge is 0.382 e. The summed E-state index contributed by atoms with van der Waals surface area (Å²) in [5.41, 5.74) is 7.28. The summed E-state index contributed by atoms with van der Waals surface area (Å²) >= 11 is 0. The Balaban J connectivity index is 1.45. The van der Waals surface area contributed by atoms with Crippen LogP contribution in [0.2, 0.25) is 0 Å². The molecule has 2 unspecified atom stereocenters. The van der Waals surface area contributed by atoms with Gasteiger partial charge in [0.2, 0.25) is 11.9 Å². The van der Waals surface area contributed by atoms with Gasteiger partial charge >= 0.3 is 0 Å². The molecule has 1 amide bonds. The van der Waals surface area contributed by atoms with Crippen molar-refractivity contribution in [2.45, 2.75) is 32.4 Å². The minimum absolute atomic E-state index is 0.0461. The third-order valence-electron chi connectivity index (χ3n) is 4.88. The predicted molar refractivity (Wildman–Crippen MR) is 103 cm³/mol. The van der Waals surface area contributed by atoms with Gasteiger partial charge in [-0.05, 0) is 20.3 Å². The maximum absolute atomic E-state index is 12.8. The number of nitrogens with two attached hydrogens (primary N) is 1. The Kier molecular flexibility index (Phi) is 4.41. The van der Waals surface area contributed by atoms with Gasteiger partial charge in [-0.15, -0.1) is 0 Å². The van der Waals surface area contributed by atoms with E-state index in [0.29, 0.717) is 35.9 Å². The molecule has 0 spiro atoms. The number of nitrogens with one attached hydrogen (secondary N) is 2. The van der Waals surface area contributed by atoms with E-state index in [0.717, 1.165) is 6.42 Å². The first-order chi connectivity index (χ1) is 13.4. The Morgan fingerprint density at radius 3 is 3.00 bits per heavy atom. The van der Waals surface area contributed by atoms with Gasteiger partial charge in [-0.2, -0.15) is 0 Å². The Morgan fingerprint density at radius 2 is 2.21 bits per heavy atom. The first kappa shape index (κ1) is 17.9. The van der Waals surface area contributed by atoms with Crippen molar-refractivity contribution in [2.24, 2.45) is 0 Å². The number of amides is 1. The lowest BCUT2D eigenvalue weighted by molar-refractivity contribution is -0.124. The Bertz CT molecular complexity index is 1090. The normalized spacial score (nSPS) is 17.8. The highest BCUT2D eigenvalue weighted by atomic mass is 16.2. The van der Waals surface area contributed by atoms with Crippen molar-refractivity contribution in [1.29, 1.82) is 0 Å².